The van der Waals surface area contributed by atoms with E-state index in [1.807, 2.05) is 24.4 Å². The number of benzene rings is 2. The number of aromatic amines is 1. The van der Waals surface area contributed by atoms with Crippen LogP contribution in [0.4, 0.5) is 5.69 Å². The van der Waals surface area contributed by atoms with Crippen LogP contribution < -0.4 is 10.1 Å². The Morgan fingerprint density at radius 3 is 2.93 bits per heavy atom. The first kappa shape index (κ1) is 18.2. The van der Waals surface area contributed by atoms with E-state index in [2.05, 4.69) is 10.3 Å². The fourth-order valence-electron chi connectivity index (χ4n) is 2.79. The molecule has 0 aliphatic heterocycles. The minimum Gasteiger partial charge on any atom is -0.497 e. The number of fused-ring (bicyclic) bond motifs is 1. The molecule has 0 bridgehead atoms. The van der Waals surface area contributed by atoms with Crippen molar-refractivity contribution in [2.24, 2.45) is 0 Å². The molecule has 0 radical (unpaired) electrons. The summed E-state index contributed by atoms with van der Waals surface area (Å²) in [5.74, 6) is 0.540. The Morgan fingerprint density at radius 1 is 1.30 bits per heavy atom. The molecule has 1 amide bonds. The second kappa shape index (κ2) is 8.18. The Morgan fingerprint density at radius 2 is 2.15 bits per heavy atom. The number of amides is 1. The van der Waals surface area contributed by atoms with Crippen LogP contribution in [-0.2, 0) is 11.2 Å². The number of non-ortho nitro benzene ring substituents is 1. The summed E-state index contributed by atoms with van der Waals surface area (Å²) < 4.78 is 5.21. The highest BCUT2D eigenvalue weighted by molar-refractivity contribution is 5.91. The molecule has 3 rings (SSSR count). The third kappa shape index (κ3) is 4.52. The molecule has 2 N–H and O–H groups in total. The standard InChI is InChI=1S/C20H19N3O4/c1-27-17-6-7-18-15(13-22-19(18)12-17)9-10-21-20(24)8-5-14-3-2-4-16(11-14)23(25)26/h2-8,11-13,22H,9-10H2,1H3,(H,21,24)/b8-5+. The number of carbonyl (C=O) groups is 1. The first-order valence-electron chi connectivity index (χ1n) is 8.41. The Balaban J connectivity index is 1.55. The van der Waals surface area contributed by atoms with Gasteiger partial charge in [0.05, 0.1) is 12.0 Å². The Labute approximate surface area is 155 Å². The number of nitrogens with one attached hydrogen (secondary N) is 2. The maximum absolute atomic E-state index is 12.0. The molecule has 7 nitrogen and oxygen atoms in total. The van der Waals surface area contributed by atoms with Crippen molar-refractivity contribution in [3.63, 3.8) is 0 Å². The lowest BCUT2D eigenvalue weighted by Gasteiger charge is -2.03. The smallest absolute Gasteiger partial charge is 0.270 e. The molecule has 3 aromatic rings. The number of carbonyl (C=O) groups excluding carboxylic acids is 1. The summed E-state index contributed by atoms with van der Waals surface area (Å²) in [6, 6.07) is 11.9. The monoisotopic (exact) mass is 365 g/mol. The summed E-state index contributed by atoms with van der Waals surface area (Å²) in [7, 11) is 1.63. The van der Waals surface area contributed by atoms with Gasteiger partial charge in [0, 0.05) is 47.9 Å². The van der Waals surface area contributed by atoms with Gasteiger partial charge in [-0.25, -0.2) is 0 Å². The van der Waals surface area contributed by atoms with Crippen molar-refractivity contribution in [3.8, 4) is 5.75 Å². The van der Waals surface area contributed by atoms with Gasteiger partial charge >= 0.3 is 0 Å². The van der Waals surface area contributed by atoms with E-state index in [1.54, 1.807) is 25.3 Å². The molecular weight excluding hydrogens is 346 g/mol. The highest BCUT2D eigenvalue weighted by Gasteiger charge is 2.06. The third-order valence-electron chi connectivity index (χ3n) is 4.18. The van der Waals surface area contributed by atoms with Crippen molar-refractivity contribution in [2.75, 3.05) is 13.7 Å². The zero-order valence-corrected chi connectivity index (χ0v) is 14.8. The normalized spacial score (nSPS) is 11.0. The predicted octanol–water partition coefficient (Wildman–Crippen LogP) is 3.46. The molecule has 138 valence electrons. The lowest BCUT2D eigenvalue weighted by Crippen LogP contribution is -2.23. The summed E-state index contributed by atoms with van der Waals surface area (Å²) in [5, 5.41) is 14.7. The predicted molar refractivity (Wildman–Crippen MR) is 104 cm³/mol. The van der Waals surface area contributed by atoms with Crippen LogP contribution in [0.2, 0.25) is 0 Å². The fraction of sp³-hybridized carbons (Fsp3) is 0.150. The number of H-pyrrole nitrogens is 1. The minimum atomic E-state index is -0.464. The van der Waals surface area contributed by atoms with Gasteiger partial charge in [-0.15, -0.1) is 0 Å². The number of hydrogen-bond donors (Lipinski definition) is 2. The van der Waals surface area contributed by atoms with E-state index in [-0.39, 0.29) is 11.6 Å². The van der Waals surface area contributed by atoms with E-state index in [1.165, 1.54) is 18.2 Å². The lowest BCUT2D eigenvalue weighted by molar-refractivity contribution is -0.384. The zero-order valence-electron chi connectivity index (χ0n) is 14.8. The van der Waals surface area contributed by atoms with Crippen molar-refractivity contribution < 1.29 is 14.5 Å². The summed E-state index contributed by atoms with van der Waals surface area (Å²) in [6.07, 6.45) is 5.54. The van der Waals surface area contributed by atoms with Gasteiger partial charge in [-0.2, -0.15) is 0 Å². The molecule has 0 unspecified atom stereocenters. The van der Waals surface area contributed by atoms with Gasteiger partial charge in [-0.1, -0.05) is 12.1 Å². The van der Waals surface area contributed by atoms with E-state index in [0.29, 0.717) is 18.5 Å². The largest absolute Gasteiger partial charge is 0.497 e. The number of hydrogen-bond acceptors (Lipinski definition) is 4. The number of rotatable bonds is 7. The molecule has 2 aromatic carbocycles. The quantitative estimate of drug-likeness (QED) is 0.381. The second-order valence-corrected chi connectivity index (χ2v) is 5.95. The minimum absolute atomic E-state index is 0.00600. The Kier molecular flexibility index (Phi) is 5.51. The second-order valence-electron chi connectivity index (χ2n) is 5.95. The molecule has 7 heteroatoms. The van der Waals surface area contributed by atoms with Crippen LogP contribution in [0.15, 0.2) is 54.7 Å². The average Bonchev–Trinajstić information content (AvgIpc) is 3.08. The van der Waals surface area contributed by atoms with E-state index >= 15 is 0 Å². The molecule has 0 atom stereocenters. The summed E-state index contributed by atoms with van der Waals surface area (Å²) in [5.41, 5.74) is 2.69. The average molecular weight is 365 g/mol. The Hall–Kier alpha value is -3.61. The van der Waals surface area contributed by atoms with Gasteiger partial charge in [-0.05, 0) is 35.8 Å². The maximum atomic E-state index is 12.0. The molecule has 27 heavy (non-hydrogen) atoms. The summed E-state index contributed by atoms with van der Waals surface area (Å²) >= 11 is 0. The topological polar surface area (TPSA) is 97.3 Å². The number of nitro groups is 1. The van der Waals surface area contributed by atoms with Gasteiger partial charge in [0.15, 0.2) is 0 Å². The molecular formula is C20H19N3O4. The zero-order chi connectivity index (χ0) is 19.2. The van der Waals surface area contributed by atoms with Crippen LogP contribution in [0.3, 0.4) is 0 Å². The first-order chi connectivity index (χ1) is 13.1. The van der Waals surface area contributed by atoms with Gasteiger partial charge in [0.1, 0.15) is 5.75 Å². The van der Waals surface area contributed by atoms with Crippen LogP contribution in [0, 0.1) is 10.1 Å². The molecule has 0 fully saturated rings. The number of ether oxygens (including phenoxy) is 1. The number of nitrogens with zero attached hydrogens (tertiary/aromatic N) is 1. The van der Waals surface area contributed by atoms with Crippen LogP contribution in [0.5, 0.6) is 5.75 Å². The maximum Gasteiger partial charge on any atom is 0.270 e. The van der Waals surface area contributed by atoms with Gasteiger partial charge < -0.3 is 15.0 Å². The number of methoxy groups -OCH3 is 1. The third-order valence-corrected chi connectivity index (χ3v) is 4.18. The number of nitro benzene ring substituents is 1. The van der Waals surface area contributed by atoms with Gasteiger partial charge in [0.25, 0.3) is 5.69 Å². The molecule has 0 aliphatic rings. The van der Waals surface area contributed by atoms with Crippen molar-refractivity contribution in [3.05, 3.63) is 76.0 Å². The van der Waals surface area contributed by atoms with Gasteiger partial charge in [0.2, 0.25) is 5.91 Å². The van der Waals surface area contributed by atoms with E-state index in [9.17, 15) is 14.9 Å². The Bertz CT molecular complexity index is 1010. The summed E-state index contributed by atoms with van der Waals surface area (Å²) in [6.45, 7) is 0.483. The molecule has 0 aliphatic carbocycles. The van der Waals surface area contributed by atoms with Crippen molar-refractivity contribution in [1.82, 2.24) is 10.3 Å². The van der Waals surface area contributed by atoms with Crippen molar-refractivity contribution in [1.29, 1.82) is 0 Å². The van der Waals surface area contributed by atoms with Crippen LogP contribution >= 0.6 is 0 Å². The van der Waals surface area contributed by atoms with Crippen LogP contribution in [0.25, 0.3) is 17.0 Å². The van der Waals surface area contributed by atoms with Gasteiger partial charge in [-0.3, -0.25) is 14.9 Å². The van der Waals surface area contributed by atoms with Crippen molar-refractivity contribution in [2.45, 2.75) is 6.42 Å². The molecule has 1 aromatic heterocycles. The fourth-order valence-corrected chi connectivity index (χ4v) is 2.79. The van der Waals surface area contributed by atoms with E-state index < -0.39 is 4.92 Å². The van der Waals surface area contributed by atoms with Crippen molar-refractivity contribution >= 4 is 28.6 Å². The van der Waals surface area contributed by atoms with Crippen LogP contribution in [-0.4, -0.2) is 29.5 Å². The van der Waals surface area contributed by atoms with E-state index in [0.717, 1.165) is 22.2 Å². The first-order valence-corrected chi connectivity index (χ1v) is 8.41. The molecule has 0 spiro atoms. The van der Waals surface area contributed by atoms with E-state index in [4.69, 9.17) is 4.74 Å². The lowest BCUT2D eigenvalue weighted by atomic mass is 10.1. The molecule has 0 saturated carbocycles. The highest BCUT2D eigenvalue weighted by atomic mass is 16.6. The summed E-state index contributed by atoms with van der Waals surface area (Å²) in [4.78, 5) is 25.5. The molecule has 0 saturated heterocycles. The molecule has 1 heterocycles. The highest BCUT2D eigenvalue weighted by Crippen LogP contribution is 2.23. The SMILES string of the molecule is COc1ccc2c(CCNC(=O)/C=C/c3cccc([N+](=O)[O-])c3)c[nH]c2c1. The number of aromatic nitrogens is 1. The van der Waals surface area contributed by atoms with Crippen LogP contribution in [0.1, 0.15) is 11.1 Å².